The molecule has 1 fully saturated rings. The molecule has 0 aromatic heterocycles. The zero-order valence-corrected chi connectivity index (χ0v) is 10.8. The monoisotopic (exact) mass is 272 g/mol. The van der Waals surface area contributed by atoms with Crippen molar-refractivity contribution in [3.8, 4) is 0 Å². The summed E-state index contributed by atoms with van der Waals surface area (Å²) in [6.07, 6.45) is 1.24. The molecule has 0 radical (unpaired) electrons. The maximum Gasteiger partial charge on any atom is 0.353 e. The number of aliphatic carboxylic acids is 1. The number of carbonyl (C=O) groups is 2. The highest BCUT2D eigenvalue weighted by molar-refractivity contribution is 8.04. The van der Waals surface area contributed by atoms with Crippen LogP contribution in [0.25, 0.3) is 0 Å². The Bertz CT molecular complexity index is 421. The maximum absolute atomic E-state index is 11.7. The van der Waals surface area contributed by atoms with Gasteiger partial charge in [-0.05, 0) is 19.8 Å². The van der Waals surface area contributed by atoms with E-state index in [0.29, 0.717) is 17.7 Å². The van der Waals surface area contributed by atoms with E-state index in [0.717, 1.165) is 0 Å². The molecule has 2 aliphatic heterocycles. The molecule has 0 saturated carbocycles. The van der Waals surface area contributed by atoms with Crippen LogP contribution >= 0.6 is 11.8 Å². The minimum atomic E-state index is -1.09. The first-order valence-corrected chi connectivity index (χ1v) is 6.68. The SMILES string of the molecule is C[C@@H](N)CCC1=C(C(=O)O)N2C(=O)[C@H](CO)[C@H]2S1. The minimum absolute atomic E-state index is 0.00858. The molecule has 4 N–H and O–H groups in total. The Hall–Kier alpha value is -1.05. The highest BCUT2D eigenvalue weighted by atomic mass is 32.2. The third-order valence-electron chi connectivity index (χ3n) is 3.15. The van der Waals surface area contributed by atoms with E-state index in [1.165, 1.54) is 16.7 Å². The van der Waals surface area contributed by atoms with E-state index in [2.05, 4.69) is 0 Å². The second kappa shape index (κ2) is 4.91. The third kappa shape index (κ3) is 2.02. The number of aliphatic hydroxyl groups excluding tert-OH is 1. The summed E-state index contributed by atoms with van der Waals surface area (Å²) in [5, 5.41) is 18.0. The number of nitrogens with zero attached hydrogens (tertiary/aromatic N) is 1. The van der Waals surface area contributed by atoms with Crippen molar-refractivity contribution in [1.29, 1.82) is 0 Å². The molecule has 1 saturated heterocycles. The van der Waals surface area contributed by atoms with E-state index in [1.807, 2.05) is 6.92 Å². The summed E-state index contributed by atoms with van der Waals surface area (Å²) in [5.74, 6) is -1.87. The first-order valence-electron chi connectivity index (χ1n) is 5.80. The molecule has 1 amide bonds. The van der Waals surface area contributed by atoms with Crippen LogP contribution in [0, 0.1) is 5.92 Å². The summed E-state index contributed by atoms with van der Waals surface area (Å²) >= 11 is 1.36. The summed E-state index contributed by atoms with van der Waals surface area (Å²) in [6, 6.07) is -0.00858. The molecular formula is C11H16N2O4S. The van der Waals surface area contributed by atoms with Crippen molar-refractivity contribution in [2.24, 2.45) is 11.7 Å². The van der Waals surface area contributed by atoms with E-state index < -0.39 is 11.9 Å². The standard InChI is InChI=1S/C11H16N2O4S/c1-5(12)2-3-7-8(11(16)17)13-9(15)6(4-14)10(13)18-7/h5-6,10,14H,2-4,12H2,1H3,(H,16,17)/t5-,6+,10-/m1/s1. The number of thioether (sulfide) groups is 1. The number of aliphatic hydroxyl groups is 1. The summed E-state index contributed by atoms with van der Waals surface area (Å²) in [5.41, 5.74) is 5.73. The van der Waals surface area contributed by atoms with Crippen LogP contribution in [0.1, 0.15) is 19.8 Å². The van der Waals surface area contributed by atoms with Crippen molar-refractivity contribution in [1.82, 2.24) is 4.90 Å². The number of β-lactam (4-membered cyclic amide) rings is 1. The van der Waals surface area contributed by atoms with Crippen molar-refractivity contribution >= 4 is 23.6 Å². The Morgan fingerprint density at radius 1 is 1.61 bits per heavy atom. The number of rotatable bonds is 5. The second-order valence-corrected chi connectivity index (χ2v) is 5.81. The number of carboxylic acids is 1. The quantitative estimate of drug-likeness (QED) is 0.605. The number of carbonyl (C=O) groups excluding carboxylic acids is 1. The summed E-state index contributed by atoms with van der Waals surface area (Å²) in [4.78, 5) is 24.9. The Morgan fingerprint density at radius 2 is 2.28 bits per heavy atom. The van der Waals surface area contributed by atoms with Crippen LogP contribution in [0.2, 0.25) is 0 Å². The molecule has 2 heterocycles. The fourth-order valence-electron chi connectivity index (χ4n) is 2.16. The number of carboxylic acid groups (broad SMARTS) is 1. The molecule has 100 valence electrons. The molecule has 0 bridgehead atoms. The number of fused-ring (bicyclic) bond motifs is 1. The van der Waals surface area contributed by atoms with Gasteiger partial charge in [0.1, 0.15) is 11.1 Å². The highest BCUT2D eigenvalue weighted by Gasteiger charge is 2.55. The van der Waals surface area contributed by atoms with E-state index in [4.69, 9.17) is 10.8 Å². The molecule has 7 heteroatoms. The molecule has 6 nitrogen and oxygen atoms in total. The molecule has 2 rings (SSSR count). The largest absolute Gasteiger partial charge is 0.477 e. The lowest BCUT2D eigenvalue weighted by Crippen LogP contribution is -2.58. The van der Waals surface area contributed by atoms with Crippen LogP contribution in [0.5, 0.6) is 0 Å². The van der Waals surface area contributed by atoms with Crippen molar-refractivity contribution in [3.63, 3.8) is 0 Å². The first-order chi connectivity index (χ1) is 8.47. The average molecular weight is 272 g/mol. The molecule has 0 aromatic carbocycles. The molecule has 3 atom stereocenters. The Labute approximate surface area is 109 Å². The number of allylic oxidation sites excluding steroid dienone is 1. The van der Waals surface area contributed by atoms with E-state index in [-0.39, 0.29) is 29.6 Å². The Morgan fingerprint density at radius 3 is 2.78 bits per heavy atom. The van der Waals surface area contributed by atoms with E-state index in [9.17, 15) is 14.7 Å². The van der Waals surface area contributed by atoms with Gasteiger partial charge >= 0.3 is 5.97 Å². The Kier molecular flexibility index (Phi) is 3.65. The second-order valence-electron chi connectivity index (χ2n) is 4.60. The predicted molar refractivity (Wildman–Crippen MR) is 66.3 cm³/mol. The van der Waals surface area contributed by atoms with Gasteiger partial charge in [0.2, 0.25) is 5.91 Å². The first kappa shape index (κ1) is 13.4. The molecule has 0 aliphatic carbocycles. The van der Waals surface area contributed by atoms with Crippen molar-refractivity contribution < 1.29 is 19.8 Å². The Balaban J connectivity index is 2.18. The van der Waals surface area contributed by atoms with Gasteiger partial charge in [-0.3, -0.25) is 9.69 Å². The van der Waals surface area contributed by atoms with Crippen LogP contribution < -0.4 is 5.73 Å². The van der Waals surface area contributed by atoms with Gasteiger partial charge in [0.25, 0.3) is 0 Å². The van der Waals surface area contributed by atoms with Gasteiger partial charge in [0, 0.05) is 10.9 Å². The lowest BCUT2D eigenvalue weighted by molar-refractivity contribution is -0.153. The summed E-state index contributed by atoms with van der Waals surface area (Å²) < 4.78 is 0. The van der Waals surface area contributed by atoms with Gasteiger partial charge in [-0.25, -0.2) is 4.79 Å². The van der Waals surface area contributed by atoms with Crippen LogP contribution in [-0.4, -0.2) is 45.0 Å². The third-order valence-corrected chi connectivity index (χ3v) is 4.61. The molecule has 18 heavy (non-hydrogen) atoms. The van der Waals surface area contributed by atoms with E-state index in [1.54, 1.807) is 0 Å². The van der Waals surface area contributed by atoms with Crippen LogP contribution in [0.3, 0.4) is 0 Å². The van der Waals surface area contributed by atoms with Gasteiger partial charge < -0.3 is 15.9 Å². The number of hydrogen-bond donors (Lipinski definition) is 3. The molecular weight excluding hydrogens is 256 g/mol. The van der Waals surface area contributed by atoms with Crippen molar-refractivity contribution in [3.05, 3.63) is 10.6 Å². The van der Waals surface area contributed by atoms with Gasteiger partial charge in [-0.1, -0.05) is 0 Å². The number of nitrogens with two attached hydrogens (primary N) is 1. The summed E-state index contributed by atoms with van der Waals surface area (Å²) in [7, 11) is 0. The average Bonchev–Trinajstić information content (AvgIpc) is 2.62. The van der Waals surface area contributed by atoms with Crippen molar-refractivity contribution in [2.75, 3.05) is 6.61 Å². The lowest BCUT2D eigenvalue weighted by atomic mass is 9.98. The smallest absolute Gasteiger partial charge is 0.353 e. The molecule has 0 unspecified atom stereocenters. The zero-order valence-electron chi connectivity index (χ0n) is 10.00. The molecule has 0 aromatic rings. The number of hydrogen-bond acceptors (Lipinski definition) is 5. The lowest BCUT2D eigenvalue weighted by Gasteiger charge is -2.41. The fraction of sp³-hybridized carbons (Fsp3) is 0.636. The fourth-order valence-corrected chi connectivity index (χ4v) is 3.66. The van der Waals surface area contributed by atoms with Gasteiger partial charge in [0.05, 0.1) is 12.5 Å². The normalized spacial score (nSPS) is 28.2. The van der Waals surface area contributed by atoms with Crippen LogP contribution in [-0.2, 0) is 9.59 Å². The predicted octanol–water partition coefficient (Wildman–Crippen LogP) is -0.0664. The highest BCUT2D eigenvalue weighted by Crippen LogP contribution is 2.50. The van der Waals surface area contributed by atoms with Crippen molar-refractivity contribution in [2.45, 2.75) is 31.2 Å². The maximum atomic E-state index is 11.7. The minimum Gasteiger partial charge on any atom is -0.477 e. The molecule has 2 aliphatic rings. The number of amides is 1. The van der Waals surface area contributed by atoms with Gasteiger partial charge in [0.15, 0.2) is 0 Å². The van der Waals surface area contributed by atoms with Gasteiger partial charge in [-0.2, -0.15) is 0 Å². The summed E-state index contributed by atoms with van der Waals surface area (Å²) in [6.45, 7) is 1.62. The van der Waals surface area contributed by atoms with Crippen LogP contribution in [0.4, 0.5) is 0 Å². The van der Waals surface area contributed by atoms with E-state index >= 15 is 0 Å². The molecule has 0 spiro atoms. The van der Waals surface area contributed by atoms with Gasteiger partial charge in [-0.15, -0.1) is 11.8 Å². The van der Waals surface area contributed by atoms with Crippen LogP contribution in [0.15, 0.2) is 10.6 Å². The topological polar surface area (TPSA) is 104 Å². The zero-order chi connectivity index (χ0) is 13.4.